The number of thioether (sulfide) groups is 5. The van der Waals surface area contributed by atoms with Crippen molar-refractivity contribution in [2.24, 2.45) is 5.92 Å². The monoisotopic (exact) mass is 656 g/mol. The fourth-order valence-electron chi connectivity index (χ4n) is 4.87. The molecule has 3 rings (SSSR count). The van der Waals surface area contributed by atoms with E-state index >= 15 is 0 Å². The fourth-order valence-corrected chi connectivity index (χ4v) is 9.93. The smallest absolute Gasteiger partial charge is 0.0228 e. The predicted molar refractivity (Wildman–Crippen MR) is 204 cm³/mol. The van der Waals surface area contributed by atoms with E-state index in [1.54, 1.807) is 0 Å². The Hall–Kier alpha value is -0.590. The van der Waals surface area contributed by atoms with Crippen molar-refractivity contribution < 1.29 is 0 Å². The average Bonchev–Trinajstić information content (AvgIpc) is 3.20. The normalized spacial score (nSPS) is 19.6. The van der Waals surface area contributed by atoms with Crippen LogP contribution in [0.4, 0.5) is 0 Å². The van der Waals surface area contributed by atoms with E-state index in [4.69, 9.17) is 0 Å². The molecule has 230 valence electrons. The van der Waals surface area contributed by atoms with Crippen LogP contribution >= 0.6 is 58.8 Å². The molecule has 0 amide bonds. The second kappa shape index (κ2) is 21.2. The first-order chi connectivity index (χ1) is 20.5. The molecule has 0 spiro atoms. The van der Waals surface area contributed by atoms with Gasteiger partial charge in [0.15, 0.2) is 0 Å². The third-order valence-electron chi connectivity index (χ3n) is 7.33. The maximum Gasteiger partial charge on any atom is 0.0228 e. The van der Waals surface area contributed by atoms with Gasteiger partial charge in [-0.25, -0.2) is 0 Å². The second-order valence-electron chi connectivity index (χ2n) is 11.2. The van der Waals surface area contributed by atoms with Gasteiger partial charge < -0.3 is 0 Å². The molecule has 0 fully saturated rings. The maximum atomic E-state index is 4.20. The molecular formula is C37H52S5. The Morgan fingerprint density at radius 2 is 1.81 bits per heavy atom. The van der Waals surface area contributed by atoms with Crippen LogP contribution in [0, 0.1) is 5.92 Å². The highest BCUT2D eigenvalue weighted by Crippen LogP contribution is 2.47. The highest BCUT2D eigenvalue weighted by Gasteiger charge is 2.19. The van der Waals surface area contributed by atoms with Crippen molar-refractivity contribution in [1.29, 1.82) is 0 Å². The van der Waals surface area contributed by atoms with Gasteiger partial charge in [-0.2, -0.15) is 0 Å². The molecule has 0 radical (unpaired) electrons. The third-order valence-corrected chi connectivity index (χ3v) is 13.1. The Morgan fingerprint density at radius 3 is 2.57 bits per heavy atom. The zero-order chi connectivity index (χ0) is 30.0. The molecule has 2 heterocycles. The van der Waals surface area contributed by atoms with Crippen LogP contribution in [0.25, 0.3) is 0 Å². The lowest BCUT2D eigenvalue weighted by atomic mass is 10.0. The summed E-state index contributed by atoms with van der Waals surface area (Å²) in [5, 5.41) is 4.50. The van der Waals surface area contributed by atoms with Crippen LogP contribution in [0.5, 0.6) is 0 Å². The topological polar surface area (TPSA) is 0 Å². The van der Waals surface area contributed by atoms with E-state index in [1.807, 2.05) is 47.0 Å². The Balaban J connectivity index is 1.48. The van der Waals surface area contributed by atoms with Crippen LogP contribution in [0.3, 0.4) is 0 Å². The van der Waals surface area contributed by atoms with Gasteiger partial charge in [-0.05, 0) is 88.9 Å². The van der Waals surface area contributed by atoms with Crippen LogP contribution in [0.2, 0.25) is 0 Å². The van der Waals surface area contributed by atoms with E-state index in [0.717, 1.165) is 30.8 Å². The predicted octanol–water partition coefficient (Wildman–Crippen LogP) is 14.0. The first-order valence-electron chi connectivity index (χ1n) is 16.0. The molecule has 0 bridgehead atoms. The second-order valence-corrected chi connectivity index (χ2v) is 16.5. The minimum atomic E-state index is 0.538. The summed E-state index contributed by atoms with van der Waals surface area (Å²) in [6.07, 6.45) is 31.0. The minimum Gasteiger partial charge on any atom is -0.130 e. The van der Waals surface area contributed by atoms with Gasteiger partial charge in [0.25, 0.3) is 0 Å². The highest BCUT2D eigenvalue weighted by molar-refractivity contribution is 8.11. The van der Waals surface area contributed by atoms with Crippen LogP contribution < -0.4 is 0 Å². The molecule has 1 unspecified atom stereocenters. The van der Waals surface area contributed by atoms with Gasteiger partial charge in [-0.1, -0.05) is 126 Å². The first kappa shape index (κ1) is 35.9. The molecule has 5 heteroatoms. The largest absolute Gasteiger partial charge is 0.130 e. The summed E-state index contributed by atoms with van der Waals surface area (Å²) >= 11 is 9.79. The minimum absolute atomic E-state index is 0.538. The lowest BCUT2D eigenvalue weighted by Gasteiger charge is -2.20. The zero-order valence-electron chi connectivity index (χ0n) is 26.4. The van der Waals surface area contributed by atoms with Gasteiger partial charge in [0, 0.05) is 31.1 Å². The van der Waals surface area contributed by atoms with Crippen LogP contribution in [0.1, 0.15) is 98.3 Å². The molecule has 2 aliphatic heterocycles. The summed E-state index contributed by atoms with van der Waals surface area (Å²) in [7, 11) is 0. The van der Waals surface area contributed by atoms with Crippen molar-refractivity contribution >= 4 is 58.8 Å². The zero-order valence-corrected chi connectivity index (χ0v) is 30.5. The lowest BCUT2D eigenvalue weighted by molar-refractivity contribution is 0.586. The van der Waals surface area contributed by atoms with E-state index in [-0.39, 0.29) is 0 Å². The molecule has 0 saturated carbocycles. The lowest BCUT2D eigenvalue weighted by Crippen LogP contribution is -2.00. The van der Waals surface area contributed by atoms with Crippen LogP contribution in [0.15, 0.2) is 101 Å². The molecule has 0 aromatic heterocycles. The molecule has 0 aromatic rings. The standard InChI is InChI=1S/C37H52S5/c1-6-8-9-10-11-12-13-14-22-39-35(16-7-2)36-20-19-32-17-15-18-34(25-37(32)42-36)41-27-31(5)40-26-29(3)24-33-28-38-23-21-30(33)4/h16-18,20-21,23-25,27,29H,4,6-15,19,22,26,28H2,1-3,5H3/b31-27+,33-24-,35-16-. The van der Waals surface area contributed by atoms with Gasteiger partial charge >= 0.3 is 0 Å². The van der Waals surface area contributed by atoms with Crippen molar-refractivity contribution in [3.8, 4) is 0 Å². The number of hydrogen-bond acceptors (Lipinski definition) is 5. The van der Waals surface area contributed by atoms with Crippen LogP contribution in [-0.4, -0.2) is 17.3 Å². The molecule has 1 atom stereocenters. The van der Waals surface area contributed by atoms with E-state index in [1.165, 1.54) is 98.4 Å². The van der Waals surface area contributed by atoms with Crippen molar-refractivity contribution in [3.63, 3.8) is 0 Å². The van der Waals surface area contributed by atoms with Gasteiger partial charge in [-0.15, -0.1) is 35.3 Å². The van der Waals surface area contributed by atoms with Gasteiger partial charge in [0.2, 0.25) is 0 Å². The molecule has 1 aliphatic carbocycles. The van der Waals surface area contributed by atoms with E-state index < -0.39 is 0 Å². The summed E-state index contributed by atoms with van der Waals surface area (Å²) < 4.78 is 0. The molecule has 0 aromatic carbocycles. The SMILES string of the molecule is C=C1C=CSC/C1=C/C(C)CS/C(C)=C/SC1=CCC=C2CC=C(/C(=C/CC)SCCCCCCCCCC)SC2=C1. The maximum absolute atomic E-state index is 4.20. The summed E-state index contributed by atoms with van der Waals surface area (Å²) in [4.78, 5) is 7.17. The van der Waals surface area contributed by atoms with Crippen molar-refractivity contribution in [3.05, 3.63) is 101 Å². The number of unbranched alkanes of at least 4 members (excludes halogenated alkanes) is 7. The fraction of sp³-hybridized carbons (Fsp3) is 0.514. The summed E-state index contributed by atoms with van der Waals surface area (Å²) in [6, 6.07) is 0. The Kier molecular flexibility index (Phi) is 18.1. The Bertz CT molecular complexity index is 1120. The first-order valence-corrected chi connectivity index (χ1v) is 20.7. The summed E-state index contributed by atoms with van der Waals surface area (Å²) in [5.41, 5.74) is 4.06. The average molecular weight is 657 g/mol. The highest BCUT2D eigenvalue weighted by atomic mass is 32.2. The van der Waals surface area contributed by atoms with E-state index in [0.29, 0.717) is 5.92 Å². The Morgan fingerprint density at radius 1 is 1.02 bits per heavy atom. The molecule has 0 saturated heterocycles. The number of fused-ring (bicyclic) bond motifs is 1. The van der Waals surface area contributed by atoms with Crippen molar-refractivity contribution in [2.45, 2.75) is 98.3 Å². The van der Waals surface area contributed by atoms with E-state index in [2.05, 4.69) is 99.4 Å². The van der Waals surface area contributed by atoms with E-state index in [9.17, 15) is 0 Å². The van der Waals surface area contributed by atoms with Crippen molar-refractivity contribution in [2.75, 3.05) is 17.3 Å². The molecule has 0 N–H and O–H groups in total. The number of rotatable bonds is 18. The number of allylic oxidation sites excluding steroid dienone is 10. The Labute approximate surface area is 279 Å². The summed E-state index contributed by atoms with van der Waals surface area (Å²) in [5.74, 6) is 3.93. The molecule has 0 nitrogen and oxygen atoms in total. The van der Waals surface area contributed by atoms with Gasteiger partial charge in [0.1, 0.15) is 0 Å². The van der Waals surface area contributed by atoms with Crippen molar-refractivity contribution in [1.82, 2.24) is 0 Å². The summed E-state index contributed by atoms with van der Waals surface area (Å²) in [6.45, 7) is 13.3. The quantitative estimate of drug-likeness (QED) is 0.134. The van der Waals surface area contributed by atoms with Gasteiger partial charge in [0.05, 0.1) is 0 Å². The van der Waals surface area contributed by atoms with Gasteiger partial charge in [-0.3, -0.25) is 0 Å². The molecule has 42 heavy (non-hydrogen) atoms. The molecule has 3 aliphatic rings. The third kappa shape index (κ3) is 13.6. The number of hydrogen-bond donors (Lipinski definition) is 0. The molecular weight excluding hydrogens is 605 g/mol. The van der Waals surface area contributed by atoms with Crippen LogP contribution in [-0.2, 0) is 0 Å².